The van der Waals surface area contributed by atoms with E-state index in [1.807, 2.05) is 45.0 Å². The van der Waals surface area contributed by atoms with E-state index < -0.39 is 41.8 Å². The predicted molar refractivity (Wildman–Crippen MR) is 199 cm³/mol. The number of amides is 5. The summed E-state index contributed by atoms with van der Waals surface area (Å²) in [5.74, 6) is -1.99. The molecule has 5 amide bonds. The van der Waals surface area contributed by atoms with Gasteiger partial charge in [0.2, 0.25) is 17.6 Å². The Kier molecular flexibility index (Phi) is 15.4. The second-order valence-electron chi connectivity index (χ2n) is 15.4. The molecule has 3 fully saturated rings. The highest BCUT2D eigenvalue weighted by Gasteiger charge is 2.42. The number of Topliss-reactive ketones (excluding diaryl/α,β-unsaturated/α-hetero) is 1. The molecule has 2 aliphatic carbocycles. The van der Waals surface area contributed by atoms with Gasteiger partial charge in [0, 0.05) is 49.2 Å². The van der Waals surface area contributed by atoms with Gasteiger partial charge in [0.15, 0.2) is 0 Å². The van der Waals surface area contributed by atoms with Crippen LogP contribution in [0.2, 0.25) is 0 Å². The Morgan fingerprint density at radius 2 is 1.69 bits per heavy atom. The van der Waals surface area contributed by atoms with Gasteiger partial charge in [-0.3, -0.25) is 19.2 Å². The maximum Gasteiger partial charge on any atom is 0.315 e. The third kappa shape index (κ3) is 11.5. The highest BCUT2D eigenvalue weighted by atomic mass is 32.2. The van der Waals surface area contributed by atoms with Gasteiger partial charge in [0.1, 0.15) is 12.1 Å². The molecule has 1 saturated heterocycles. The minimum absolute atomic E-state index is 0.0681. The fourth-order valence-corrected chi connectivity index (χ4v) is 7.70. The van der Waals surface area contributed by atoms with E-state index in [1.165, 1.54) is 6.08 Å². The van der Waals surface area contributed by atoms with E-state index in [0.717, 1.165) is 61.8 Å². The van der Waals surface area contributed by atoms with Gasteiger partial charge in [0.25, 0.3) is 5.91 Å². The fraction of sp³-hybridized carbons (Fsp3) is 0.658. The molecule has 4 unspecified atom stereocenters. The lowest BCUT2D eigenvalue weighted by Crippen LogP contribution is -2.60. The summed E-state index contributed by atoms with van der Waals surface area (Å²) in [4.78, 5) is 69.9. The minimum atomic E-state index is -0.970. The van der Waals surface area contributed by atoms with Gasteiger partial charge in [-0.1, -0.05) is 83.6 Å². The number of likely N-dealkylation sites (tertiary alicyclic amines) is 1. The Balaban J connectivity index is 1.44. The van der Waals surface area contributed by atoms with Crippen LogP contribution in [-0.2, 0) is 25.7 Å². The topological polar surface area (TPSA) is 169 Å². The van der Waals surface area contributed by atoms with Crippen molar-refractivity contribution in [2.75, 3.05) is 19.6 Å². The van der Waals surface area contributed by atoms with E-state index in [2.05, 4.69) is 33.2 Å². The maximum absolute atomic E-state index is 14.4. The molecule has 1 heterocycles. The molecule has 0 aromatic heterocycles. The first-order valence-electron chi connectivity index (χ1n) is 18.6. The van der Waals surface area contributed by atoms with Crippen LogP contribution >= 0.6 is 12.0 Å². The van der Waals surface area contributed by atoms with Crippen molar-refractivity contribution in [3.63, 3.8) is 0 Å². The second kappa shape index (κ2) is 19.4. The van der Waals surface area contributed by atoms with E-state index >= 15 is 0 Å². The van der Waals surface area contributed by atoms with Crippen molar-refractivity contribution >= 4 is 41.6 Å². The molecule has 12 nitrogen and oxygen atoms in total. The predicted octanol–water partition coefficient (Wildman–Crippen LogP) is 4.54. The summed E-state index contributed by atoms with van der Waals surface area (Å²) in [7, 11) is 0. The summed E-state index contributed by atoms with van der Waals surface area (Å²) in [5.41, 5.74) is 0.637. The smallest absolute Gasteiger partial charge is 0.315 e. The van der Waals surface area contributed by atoms with Crippen LogP contribution in [0.15, 0.2) is 41.8 Å². The number of urea groups is 1. The third-order valence-corrected chi connectivity index (χ3v) is 11.3. The zero-order valence-corrected chi connectivity index (χ0v) is 31.3. The van der Waals surface area contributed by atoms with Crippen LogP contribution in [0, 0.1) is 17.3 Å². The summed E-state index contributed by atoms with van der Waals surface area (Å²) < 4.78 is 9.63. The Morgan fingerprint density at radius 3 is 2.33 bits per heavy atom. The molecule has 1 aliphatic heterocycles. The standard InChI is InChI=1S/C38H58N6O6S/c1-5-20-40-35(47)33(45)28(22-25-13-11-14-25)41-34(46)29-18-12-21-44(29)36(48)32(26-15-7-6-8-16-26)43-37(49)42-31(38(2,3)4)24-39-23-27-17-9-10-19-30(27)51-50/h5,9-10,17,19,25-26,28-29,31-32,39,50H,1,6-8,11-16,18,20-24H2,2-4H3,(H,40,47)(H,41,46)(H2,42,43,49). The molecule has 51 heavy (non-hydrogen) atoms. The molecule has 1 aromatic rings. The van der Waals surface area contributed by atoms with Crippen molar-refractivity contribution < 1.29 is 28.5 Å². The number of benzene rings is 1. The van der Waals surface area contributed by atoms with E-state index in [1.54, 1.807) is 4.90 Å². The van der Waals surface area contributed by atoms with Gasteiger partial charge in [-0.15, -0.1) is 6.58 Å². The Morgan fingerprint density at radius 1 is 0.961 bits per heavy atom. The lowest BCUT2D eigenvalue weighted by molar-refractivity contribution is -0.143. The van der Waals surface area contributed by atoms with Crippen molar-refractivity contribution in [3.05, 3.63) is 42.5 Å². The molecule has 4 rings (SSSR count). The van der Waals surface area contributed by atoms with Crippen LogP contribution in [0.5, 0.6) is 0 Å². The first kappa shape index (κ1) is 40.4. The number of carbonyl (C=O) groups is 5. The molecular formula is C38H58N6O6S. The van der Waals surface area contributed by atoms with E-state index in [-0.39, 0.29) is 35.7 Å². The van der Waals surface area contributed by atoms with Crippen molar-refractivity contribution in [2.24, 2.45) is 17.3 Å². The quantitative estimate of drug-likeness (QED) is 0.0773. The van der Waals surface area contributed by atoms with Gasteiger partial charge in [-0.25, -0.2) is 4.79 Å². The Labute approximate surface area is 307 Å². The number of hydrogen-bond acceptors (Lipinski definition) is 8. The van der Waals surface area contributed by atoms with Crippen LogP contribution < -0.4 is 26.6 Å². The average Bonchev–Trinajstić information content (AvgIpc) is 3.60. The van der Waals surface area contributed by atoms with E-state index in [0.29, 0.717) is 50.9 Å². The lowest BCUT2D eigenvalue weighted by Gasteiger charge is -2.36. The molecule has 2 saturated carbocycles. The number of hydrogen-bond donors (Lipinski definition) is 6. The second-order valence-corrected chi connectivity index (χ2v) is 16.0. The number of ketones is 1. The first-order chi connectivity index (χ1) is 24.4. The molecule has 282 valence electrons. The Bertz CT molecular complexity index is 1370. The van der Waals surface area contributed by atoms with Crippen LogP contribution in [0.1, 0.15) is 97.0 Å². The molecule has 1 aromatic carbocycles. The lowest BCUT2D eigenvalue weighted by atomic mass is 9.80. The highest BCUT2D eigenvalue weighted by molar-refractivity contribution is 7.93. The van der Waals surface area contributed by atoms with Crippen LogP contribution in [0.3, 0.4) is 0 Å². The fourth-order valence-electron chi connectivity index (χ4n) is 7.31. The summed E-state index contributed by atoms with van der Waals surface area (Å²) in [6.07, 6.45) is 10.5. The van der Waals surface area contributed by atoms with Gasteiger partial charge in [-0.05, 0) is 61.0 Å². The molecule has 13 heteroatoms. The van der Waals surface area contributed by atoms with Crippen molar-refractivity contribution in [3.8, 4) is 0 Å². The number of rotatable bonds is 17. The molecule has 0 bridgehead atoms. The summed E-state index contributed by atoms with van der Waals surface area (Å²) >= 11 is 0.704. The summed E-state index contributed by atoms with van der Waals surface area (Å²) in [6, 6.07) is 4.27. The normalized spacial score (nSPS) is 20.0. The average molecular weight is 727 g/mol. The van der Waals surface area contributed by atoms with Gasteiger partial charge >= 0.3 is 6.03 Å². The molecular weight excluding hydrogens is 669 g/mol. The minimum Gasteiger partial charge on any atom is -0.346 e. The number of carbonyl (C=O) groups excluding carboxylic acids is 5. The monoisotopic (exact) mass is 726 g/mol. The van der Waals surface area contributed by atoms with E-state index in [9.17, 15) is 28.5 Å². The summed E-state index contributed by atoms with van der Waals surface area (Å²) in [5, 5.41) is 14.9. The molecule has 3 aliphatic rings. The highest BCUT2D eigenvalue weighted by Crippen LogP contribution is 2.32. The zero-order chi connectivity index (χ0) is 37.0. The summed E-state index contributed by atoms with van der Waals surface area (Å²) in [6.45, 7) is 11.2. The third-order valence-electron chi connectivity index (χ3n) is 10.7. The van der Waals surface area contributed by atoms with Gasteiger partial charge in [-0.2, -0.15) is 0 Å². The van der Waals surface area contributed by atoms with Crippen molar-refractivity contribution in [2.45, 2.75) is 127 Å². The largest absolute Gasteiger partial charge is 0.346 e. The van der Waals surface area contributed by atoms with Crippen LogP contribution in [0.4, 0.5) is 4.79 Å². The number of nitrogens with one attached hydrogen (secondary N) is 5. The molecule has 4 atom stereocenters. The maximum atomic E-state index is 14.4. The zero-order valence-electron chi connectivity index (χ0n) is 30.5. The van der Waals surface area contributed by atoms with Crippen LogP contribution in [-0.4, -0.2) is 82.8 Å². The molecule has 6 N–H and O–H groups in total. The van der Waals surface area contributed by atoms with E-state index in [4.69, 9.17) is 0 Å². The van der Waals surface area contributed by atoms with Crippen molar-refractivity contribution in [1.82, 2.24) is 31.5 Å². The van der Waals surface area contributed by atoms with Gasteiger partial charge in [0.05, 0.1) is 6.04 Å². The molecule has 0 spiro atoms. The van der Waals surface area contributed by atoms with Crippen molar-refractivity contribution in [1.29, 1.82) is 0 Å². The first-order valence-corrected chi connectivity index (χ1v) is 19.4. The van der Waals surface area contributed by atoms with Gasteiger partial charge < -0.3 is 36.0 Å². The van der Waals surface area contributed by atoms with Crippen LogP contribution in [0.25, 0.3) is 0 Å². The Hall–Kier alpha value is -3.42. The number of nitrogens with zero attached hydrogens (tertiary/aromatic N) is 1. The molecule has 0 radical (unpaired) electrons. The SMILES string of the molecule is C=CCNC(=O)C(=O)C(CC1CCC1)NC(=O)C1CCCN1C(=O)C(NC(=O)NC(CNCc1ccccc1SO)C(C)(C)C)C1CCCCC1.